The van der Waals surface area contributed by atoms with E-state index in [1.54, 1.807) is 6.92 Å². The third-order valence-corrected chi connectivity index (χ3v) is 4.51. The lowest BCUT2D eigenvalue weighted by molar-refractivity contribution is 0.282. The molecule has 0 saturated carbocycles. The Morgan fingerprint density at radius 1 is 0.375 bits per heavy atom. The molecule has 0 bridgehead atoms. The van der Waals surface area contributed by atoms with E-state index in [4.69, 9.17) is 10.2 Å². The summed E-state index contributed by atoms with van der Waals surface area (Å²) in [5, 5.41) is 16.3. The maximum atomic E-state index is 8.69. The van der Waals surface area contributed by atoms with E-state index < -0.39 is 0 Å². The number of unbranched alkanes of at least 4 members (excludes halogenated alkanes) is 17. The fraction of sp³-hybridized carbons (Fsp3) is 1.00. The van der Waals surface area contributed by atoms with E-state index in [0.29, 0.717) is 6.61 Å². The Morgan fingerprint density at radius 3 is 0.792 bits per heavy atom. The second-order valence-electron chi connectivity index (χ2n) is 7.05. The largest absolute Gasteiger partial charge is 0.397 e. The van der Waals surface area contributed by atoms with Crippen LogP contribution < -0.4 is 0 Å². The molecule has 0 aromatic heterocycles. The average molecular weight is 345 g/mol. The van der Waals surface area contributed by atoms with Crippen LogP contribution in [0.4, 0.5) is 0 Å². The molecule has 0 rings (SSSR count). The number of hydrogen-bond donors (Lipinski definition) is 2. The minimum atomic E-state index is 0.250. The lowest BCUT2D eigenvalue weighted by Crippen LogP contribution is -1.85. The highest BCUT2D eigenvalue weighted by atomic mass is 16.3. The van der Waals surface area contributed by atoms with Crippen LogP contribution in [0.25, 0.3) is 0 Å². The molecule has 0 atom stereocenters. The van der Waals surface area contributed by atoms with Crippen molar-refractivity contribution in [3.63, 3.8) is 0 Å². The topological polar surface area (TPSA) is 40.5 Å². The zero-order chi connectivity index (χ0) is 18.1. The van der Waals surface area contributed by atoms with Crippen LogP contribution in [-0.2, 0) is 0 Å². The Labute approximate surface area is 153 Å². The molecule has 148 valence electrons. The molecule has 0 unspecified atom stereocenters. The van der Waals surface area contributed by atoms with E-state index in [0.717, 1.165) is 6.42 Å². The van der Waals surface area contributed by atoms with E-state index in [2.05, 4.69) is 6.92 Å². The minimum absolute atomic E-state index is 0.250. The fourth-order valence-electron chi connectivity index (χ4n) is 3.01. The van der Waals surface area contributed by atoms with Gasteiger partial charge in [0.15, 0.2) is 0 Å². The van der Waals surface area contributed by atoms with Crippen LogP contribution in [0.15, 0.2) is 0 Å². The highest BCUT2D eigenvalue weighted by Gasteiger charge is 1.94. The van der Waals surface area contributed by atoms with E-state index in [1.807, 2.05) is 0 Å². The first-order chi connectivity index (χ1) is 11.8. The fourth-order valence-corrected chi connectivity index (χ4v) is 3.01. The van der Waals surface area contributed by atoms with Crippen LogP contribution in [0, 0.1) is 0 Å². The van der Waals surface area contributed by atoms with Crippen molar-refractivity contribution in [2.24, 2.45) is 0 Å². The zero-order valence-electron chi connectivity index (χ0n) is 17.0. The number of aliphatic hydroxyl groups is 2. The smallest absolute Gasteiger partial charge is 0.0431 e. The summed E-state index contributed by atoms with van der Waals surface area (Å²) in [4.78, 5) is 0. The third-order valence-electron chi connectivity index (χ3n) is 4.51. The summed E-state index contributed by atoms with van der Waals surface area (Å²) in [6, 6.07) is 0. The molecule has 2 nitrogen and oxygen atoms in total. The van der Waals surface area contributed by atoms with E-state index in [9.17, 15) is 0 Å². The number of hydrogen-bond acceptors (Lipinski definition) is 2. The quantitative estimate of drug-likeness (QED) is 0.262. The predicted molar refractivity (Wildman–Crippen MR) is 109 cm³/mol. The Hall–Kier alpha value is -0.0800. The summed E-state index contributed by atoms with van der Waals surface area (Å²) in [7, 11) is 0. The van der Waals surface area contributed by atoms with Gasteiger partial charge in [-0.1, -0.05) is 116 Å². The monoisotopic (exact) mass is 344 g/mol. The molecule has 0 aromatic rings. The van der Waals surface area contributed by atoms with Crippen LogP contribution in [0.2, 0.25) is 0 Å². The van der Waals surface area contributed by atoms with Crippen molar-refractivity contribution in [1.29, 1.82) is 0 Å². The lowest BCUT2D eigenvalue weighted by atomic mass is 10.0. The molecule has 0 aliphatic carbocycles. The maximum Gasteiger partial charge on any atom is 0.0431 e. The molecule has 0 aliphatic rings. The Bertz CT molecular complexity index is 165. The molecule has 0 fully saturated rings. The maximum absolute atomic E-state index is 8.69. The van der Waals surface area contributed by atoms with Gasteiger partial charge in [-0.25, -0.2) is 0 Å². The first kappa shape index (κ1) is 26.2. The van der Waals surface area contributed by atoms with Gasteiger partial charge in [0.2, 0.25) is 0 Å². The third kappa shape index (κ3) is 29.9. The summed E-state index contributed by atoms with van der Waals surface area (Å²) in [6.45, 7) is 4.59. The summed E-state index contributed by atoms with van der Waals surface area (Å²) in [6.07, 6.45) is 25.1. The summed E-state index contributed by atoms with van der Waals surface area (Å²) in [5.74, 6) is 0. The van der Waals surface area contributed by atoms with Gasteiger partial charge in [-0.05, 0) is 13.3 Å². The average Bonchev–Trinajstić information content (AvgIpc) is 2.58. The standard InChI is InChI=1S/C20H42O.C2H6O/c1-2-3-4-5-6-7-8-9-10-11-12-13-14-15-16-17-18-19-20-21;1-2-3/h21H,2-20H2,1H3;3H,2H2,1H3. The van der Waals surface area contributed by atoms with Gasteiger partial charge in [-0.15, -0.1) is 0 Å². The first-order valence-corrected chi connectivity index (χ1v) is 11.0. The van der Waals surface area contributed by atoms with Crippen molar-refractivity contribution >= 4 is 0 Å². The molecule has 0 saturated heterocycles. The van der Waals surface area contributed by atoms with E-state index >= 15 is 0 Å². The lowest BCUT2D eigenvalue weighted by Gasteiger charge is -2.03. The number of aliphatic hydroxyl groups excluding tert-OH is 2. The molecule has 2 N–H and O–H groups in total. The van der Waals surface area contributed by atoms with Gasteiger partial charge >= 0.3 is 0 Å². The van der Waals surface area contributed by atoms with E-state index in [-0.39, 0.29) is 6.61 Å². The molecule has 24 heavy (non-hydrogen) atoms. The zero-order valence-corrected chi connectivity index (χ0v) is 17.0. The van der Waals surface area contributed by atoms with Gasteiger partial charge < -0.3 is 10.2 Å². The molecular weight excluding hydrogens is 296 g/mol. The van der Waals surface area contributed by atoms with Gasteiger partial charge in [-0.2, -0.15) is 0 Å². The Kier molecular flexibility index (Phi) is 30.2. The Balaban J connectivity index is 0. The van der Waals surface area contributed by atoms with Gasteiger partial charge in [0.05, 0.1) is 0 Å². The normalized spacial score (nSPS) is 10.5. The van der Waals surface area contributed by atoms with Crippen molar-refractivity contribution in [3.8, 4) is 0 Å². The highest BCUT2D eigenvalue weighted by Crippen LogP contribution is 2.14. The van der Waals surface area contributed by atoms with Gasteiger partial charge in [0.1, 0.15) is 0 Å². The minimum Gasteiger partial charge on any atom is -0.397 e. The molecule has 0 aromatic carbocycles. The van der Waals surface area contributed by atoms with Gasteiger partial charge in [0.25, 0.3) is 0 Å². The molecular formula is C22H48O2. The summed E-state index contributed by atoms with van der Waals surface area (Å²) in [5.41, 5.74) is 0. The van der Waals surface area contributed by atoms with Crippen LogP contribution in [0.5, 0.6) is 0 Å². The molecule has 0 amide bonds. The molecule has 0 spiro atoms. The predicted octanol–water partition coefficient (Wildman–Crippen LogP) is 7.02. The number of rotatable bonds is 18. The van der Waals surface area contributed by atoms with Crippen molar-refractivity contribution < 1.29 is 10.2 Å². The van der Waals surface area contributed by atoms with Crippen LogP contribution in [0.1, 0.15) is 129 Å². The summed E-state index contributed by atoms with van der Waals surface area (Å²) >= 11 is 0. The molecule has 2 heteroatoms. The first-order valence-electron chi connectivity index (χ1n) is 11.0. The second-order valence-corrected chi connectivity index (χ2v) is 7.05. The van der Waals surface area contributed by atoms with Gasteiger partial charge in [-0.3, -0.25) is 0 Å². The van der Waals surface area contributed by atoms with Crippen molar-refractivity contribution in [3.05, 3.63) is 0 Å². The molecule has 0 radical (unpaired) electrons. The van der Waals surface area contributed by atoms with E-state index in [1.165, 1.54) is 109 Å². The molecule has 0 aliphatic heterocycles. The molecule has 0 heterocycles. The SMILES string of the molecule is CCCCCCCCCCCCCCCCCCCCO.CCO. The summed E-state index contributed by atoms with van der Waals surface area (Å²) < 4.78 is 0. The van der Waals surface area contributed by atoms with Crippen LogP contribution >= 0.6 is 0 Å². The van der Waals surface area contributed by atoms with Gasteiger partial charge in [0, 0.05) is 13.2 Å². The van der Waals surface area contributed by atoms with Crippen LogP contribution in [0.3, 0.4) is 0 Å². The second kappa shape index (κ2) is 27.8. The Morgan fingerprint density at radius 2 is 0.583 bits per heavy atom. The van der Waals surface area contributed by atoms with Crippen LogP contribution in [-0.4, -0.2) is 23.4 Å². The van der Waals surface area contributed by atoms with Crippen molar-refractivity contribution in [2.75, 3.05) is 13.2 Å². The highest BCUT2D eigenvalue weighted by molar-refractivity contribution is 4.50. The van der Waals surface area contributed by atoms with Crippen molar-refractivity contribution in [2.45, 2.75) is 129 Å². The van der Waals surface area contributed by atoms with Crippen molar-refractivity contribution in [1.82, 2.24) is 0 Å².